The number of hydrogen-bond acceptors (Lipinski definition) is 10. The number of anilines is 1. The number of rotatable bonds is 8. The Hall–Kier alpha value is -3.68. The first-order valence-corrected chi connectivity index (χ1v) is 11.7. The normalized spacial score (nSPS) is 21.2. The second-order valence-electron chi connectivity index (χ2n) is 10.4. The lowest BCUT2D eigenvalue weighted by molar-refractivity contribution is -0.157. The zero-order valence-electron chi connectivity index (χ0n) is 22.0. The van der Waals surface area contributed by atoms with Gasteiger partial charge in [0.1, 0.15) is 0 Å². The van der Waals surface area contributed by atoms with Crippen molar-refractivity contribution in [1.29, 1.82) is 0 Å². The highest BCUT2D eigenvalue weighted by Gasteiger charge is 2.42. The van der Waals surface area contributed by atoms with Crippen LogP contribution < -0.4 is 27.0 Å². The number of nitrogens with zero attached hydrogens (tertiary/aromatic N) is 2. The molecular weight excluding hydrogens is 488 g/mol. The van der Waals surface area contributed by atoms with Crippen LogP contribution in [0.2, 0.25) is 0 Å². The van der Waals surface area contributed by atoms with E-state index in [0.29, 0.717) is 18.5 Å². The average molecular weight is 525 g/mol. The lowest BCUT2D eigenvalue weighted by Crippen LogP contribution is -2.53. The molecule has 14 nitrogen and oxygen atoms in total. The van der Waals surface area contributed by atoms with Crippen molar-refractivity contribution < 1.29 is 33.4 Å². The lowest BCUT2D eigenvalue weighted by Gasteiger charge is -2.46. The van der Waals surface area contributed by atoms with Crippen LogP contribution in [0.25, 0.3) is 0 Å². The van der Waals surface area contributed by atoms with Crippen molar-refractivity contribution in [2.24, 2.45) is 16.7 Å². The summed E-state index contributed by atoms with van der Waals surface area (Å²) in [6, 6.07) is 0.269. The lowest BCUT2D eigenvalue weighted by atomic mass is 9.62. The first kappa shape index (κ1) is 29.5. The molecule has 5 N–H and O–H groups in total. The molecule has 3 amide bonds. The van der Waals surface area contributed by atoms with Gasteiger partial charge in [0.15, 0.2) is 0 Å². The van der Waals surface area contributed by atoms with E-state index in [0.717, 1.165) is 25.6 Å². The Kier molecular flexibility index (Phi) is 9.61. The molecule has 37 heavy (non-hydrogen) atoms. The van der Waals surface area contributed by atoms with E-state index < -0.39 is 47.6 Å². The number of urea groups is 1. The molecule has 3 unspecified atom stereocenters. The van der Waals surface area contributed by atoms with Gasteiger partial charge in [0.2, 0.25) is 12.1 Å². The first-order valence-electron chi connectivity index (χ1n) is 11.7. The summed E-state index contributed by atoms with van der Waals surface area (Å²) in [5.74, 6) is 4.15. The summed E-state index contributed by atoms with van der Waals surface area (Å²) in [5.41, 5.74) is -0.689. The Balaban J connectivity index is 2.04. The highest BCUT2D eigenvalue weighted by molar-refractivity contribution is 5.88. The number of ether oxygens (including phenoxy) is 3. The summed E-state index contributed by atoms with van der Waals surface area (Å²) in [5, 5.41) is 6.26. The Bertz CT molecular complexity index is 1070. The second kappa shape index (κ2) is 12.0. The van der Waals surface area contributed by atoms with Crippen LogP contribution in [0.4, 0.5) is 15.5 Å². The van der Waals surface area contributed by atoms with E-state index in [-0.39, 0.29) is 23.9 Å². The van der Waals surface area contributed by atoms with E-state index >= 15 is 0 Å². The molecule has 3 atom stereocenters. The SMILES string of the molecule is COC(=O)CC(OC(=O)NC1CC(C)(C)CC(C)(CNC(=O)N(N)c2nc(=O)cc(C)[nH]2)C1)C(=O)OC. The van der Waals surface area contributed by atoms with E-state index in [1.165, 1.54) is 6.07 Å². The van der Waals surface area contributed by atoms with Crippen LogP contribution in [0, 0.1) is 17.8 Å². The molecule has 0 spiro atoms. The number of carbonyl (C=O) groups is 4. The number of carbonyl (C=O) groups excluding carboxylic acids is 4. The maximum atomic E-state index is 12.7. The van der Waals surface area contributed by atoms with E-state index in [1.54, 1.807) is 6.92 Å². The molecule has 1 heterocycles. The van der Waals surface area contributed by atoms with Gasteiger partial charge >= 0.3 is 24.1 Å². The zero-order chi connectivity index (χ0) is 28.0. The van der Waals surface area contributed by atoms with Gasteiger partial charge in [-0.3, -0.25) is 9.59 Å². The van der Waals surface area contributed by atoms with Crippen molar-refractivity contribution in [2.75, 3.05) is 25.8 Å². The third-order valence-corrected chi connectivity index (χ3v) is 6.04. The summed E-state index contributed by atoms with van der Waals surface area (Å²) >= 11 is 0. The second-order valence-corrected chi connectivity index (χ2v) is 10.4. The number of hydrazine groups is 1. The van der Waals surface area contributed by atoms with Crippen molar-refractivity contribution in [3.63, 3.8) is 0 Å². The largest absolute Gasteiger partial charge is 0.469 e. The number of nitrogens with one attached hydrogen (secondary N) is 3. The predicted octanol–water partition coefficient (Wildman–Crippen LogP) is 0.884. The molecule has 1 aromatic rings. The molecule has 1 fully saturated rings. The number of aromatic nitrogens is 2. The number of hydrogen-bond donors (Lipinski definition) is 4. The molecule has 14 heteroatoms. The summed E-state index contributed by atoms with van der Waals surface area (Å²) in [6.45, 7) is 7.91. The summed E-state index contributed by atoms with van der Waals surface area (Å²) in [4.78, 5) is 66.8. The number of amides is 3. The summed E-state index contributed by atoms with van der Waals surface area (Å²) in [7, 11) is 2.27. The van der Waals surface area contributed by atoms with Crippen LogP contribution in [-0.4, -0.2) is 66.9 Å². The minimum absolute atomic E-state index is 0.0916. The van der Waals surface area contributed by atoms with Gasteiger partial charge in [-0.05, 0) is 37.0 Å². The van der Waals surface area contributed by atoms with Gasteiger partial charge in [0.05, 0.1) is 20.6 Å². The average Bonchev–Trinajstić information content (AvgIpc) is 2.78. The fourth-order valence-electron chi connectivity index (χ4n) is 4.89. The Morgan fingerprint density at radius 3 is 2.49 bits per heavy atom. The van der Waals surface area contributed by atoms with Gasteiger partial charge in [0.25, 0.3) is 5.56 Å². The molecule has 0 bridgehead atoms. The number of methoxy groups -OCH3 is 2. The monoisotopic (exact) mass is 524 g/mol. The summed E-state index contributed by atoms with van der Waals surface area (Å²) in [6.07, 6.45) is -0.982. The molecular formula is C23H36N6O8. The van der Waals surface area contributed by atoms with Crippen LogP contribution in [0.5, 0.6) is 0 Å². The number of esters is 2. The number of nitrogens with two attached hydrogens (primary N) is 1. The maximum Gasteiger partial charge on any atom is 0.408 e. The Morgan fingerprint density at radius 2 is 1.89 bits per heavy atom. The number of H-pyrrole nitrogens is 1. The van der Waals surface area contributed by atoms with Crippen molar-refractivity contribution in [2.45, 2.75) is 65.5 Å². The first-order chi connectivity index (χ1) is 17.2. The molecule has 2 rings (SSSR count). The minimum atomic E-state index is -1.45. The fourth-order valence-corrected chi connectivity index (χ4v) is 4.89. The Morgan fingerprint density at radius 1 is 1.22 bits per heavy atom. The van der Waals surface area contributed by atoms with Gasteiger partial charge in [0, 0.05) is 24.3 Å². The molecule has 1 saturated carbocycles. The molecule has 0 saturated heterocycles. The van der Waals surface area contributed by atoms with Crippen molar-refractivity contribution in [3.05, 3.63) is 22.1 Å². The zero-order valence-corrected chi connectivity index (χ0v) is 22.0. The van der Waals surface area contributed by atoms with E-state index in [2.05, 4.69) is 30.1 Å². The molecule has 0 aliphatic heterocycles. The topological polar surface area (TPSA) is 195 Å². The molecule has 1 aromatic heterocycles. The summed E-state index contributed by atoms with van der Waals surface area (Å²) < 4.78 is 14.3. The fraction of sp³-hybridized carbons (Fsp3) is 0.652. The van der Waals surface area contributed by atoms with Crippen molar-refractivity contribution in [3.8, 4) is 0 Å². The van der Waals surface area contributed by atoms with Crippen LogP contribution in [-0.2, 0) is 23.8 Å². The van der Waals surface area contributed by atoms with E-state index in [4.69, 9.17) is 10.6 Å². The number of aromatic amines is 1. The molecule has 0 aromatic carbocycles. The third kappa shape index (κ3) is 8.74. The molecule has 206 valence electrons. The quantitative estimate of drug-likeness (QED) is 0.125. The smallest absolute Gasteiger partial charge is 0.408 e. The van der Waals surface area contributed by atoms with Crippen LogP contribution in [0.1, 0.15) is 52.1 Å². The van der Waals surface area contributed by atoms with Crippen molar-refractivity contribution in [1.82, 2.24) is 20.6 Å². The third-order valence-electron chi connectivity index (χ3n) is 6.04. The van der Waals surface area contributed by atoms with Crippen LogP contribution in [0.15, 0.2) is 10.9 Å². The standard InChI is InChI=1S/C23H36N6O8/c1-13-7-16(30)28-19(26-13)29(24)20(33)25-12-23(4)10-14(9-22(2,3)11-23)27-21(34)37-15(18(32)36-6)8-17(31)35-5/h7,14-15H,8-12,24H2,1-6H3,(H,25,33)(H,27,34)(H,26,28,30). The number of alkyl carbamates (subject to hydrolysis) is 1. The highest BCUT2D eigenvalue weighted by Crippen LogP contribution is 2.45. The van der Waals surface area contributed by atoms with Gasteiger partial charge in [-0.2, -0.15) is 9.99 Å². The van der Waals surface area contributed by atoms with E-state index in [9.17, 15) is 24.0 Å². The molecule has 1 aliphatic rings. The number of aryl methyl sites for hydroxylation is 1. The van der Waals surface area contributed by atoms with Gasteiger partial charge in [-0.25, -0.2) is 20.2 Å². The van der Waals surface area contributed by atoms with E-state index in [1.807, 2.05) is 20.8 Å². The highest BCUT2D eigenvalue weighted by atomic mass is 16.6. The van der Waals surface area contributed by atoms with Gasteiger partial charge in [-0.15, -0.1) is 0 Å². The van der Waals surface area contributed by atoms with Crippen molar-refractivity contribution >= 4 is 30.0 Å². The molecule has 0 radical (unpaired) electrons. The van der Waals surface area contributed by atoms with Gasteiger partial charge in [-0.1, -0.05) is 20.8 Å². The maximum absolute atomic E-state index is 12.7. The minimum Gasteiger partial charge on any atom is -0.469 e. The van der Waals surface area contributed by atoms with Crippen LogP contribution in [0.3, 0.4) is 0 Å². The van der Waals surface area contributed by atoms with Crippen LogP contribution >= 0.6 is 0 Å². The molecule has 1 aliphatic carbocycles. The Labute approximate surface area is 214 Å². The van der Waals surface area contributed by atoms with Gasteiger partial charge < -0.3 is 29.8 Å². The predicted molar refractivity (Wildman–Crippen MR) is 131 cm³/mol.